The first-order valence-corrected chi connectivity index (χ1v) is 57.8. The molecule has 8 aliphatic rings. The van der Waals surface area contributed by atoms with Gasteiger partial charge in [0.05, 0.1) is 78.2 Å². The van der Waals surface area contributed by atoms with Gasteiger partial charge >= 0.3 is 29.9 Å². The molecule has 29 heteroatoms. The molecule has 0 spiro atoms. The summed E-state index contributed by atoms with van der Waals surface area (Å²) in [5, 5.41) is 42.0. The number of thioether (sulfide) groups is 1. The van der Waals surface area contributed by atoms with Crippen LogP contribution in [-0.2, 0) is 26.2 Å². The third kappa shape index (κ3) is 33.1. The molecule has 4 amide bonds. The fourth-order valence-electron chi connectivity index (χ4n) is 21.0. The molecule has 8 fully saturated rings. The van der Waals surface area contributed by atoms with Crippen molar-refractivity contribution < 1.29 is 73.0 Å². The summed E-state index contributed by atoms with van der Waals surface area (Å²) in [6, 6.07) is 22.9. The lowest BCUT2D eigenvalue weighted by Crippen LogP contribution is -2.47. The Balaban J connectivity index is 0.000000165. The Morgan fingerprint density at radius 1 is 0.345 bits per heavy atom. The van der Waals surface area contributed by atoms with Crippen LogP contribution >= 0.6 is 57.1 Å². The predicted molar refractivity (Wildman–Crippen MR) is 593 cm³/mol. The molecule has 0 atom stereocenters. The zero-order valence-corrected chi connectivity index (χ0v) is 93.7. The summed E-state index contributed by atoms with van der Waals surface area (Å²) in [6.07, 6.45) is 38.8. The summed E-state index contributed by atoms with van der Waals surface area (Å²) < 4.78 is 20.3. The van der Waals surface area contributed by atoms with Gasteiger partial charge in [-0.05, 0) is 367 Å². The number of amides is 4. The van der Waals surface area contributed by atoms with Crippen molar-refractivity contribution in [2.75, 3.05) is 19.6 Å². The number of hydrogen-bond acceptors (Lipinski definition) is 20. The number of carbonyl (C=O) groups excluding carboxylic acids is 4. The topological polar surface area (TPSA) is 315 Å². The zero-order valence-electron chi connectivity index (χ0n) is 89.6. The Morgan fingerprint density at radius 2 is 0.628 bits per heavy atom. The number of rotatable bonds is 24. The van der Waals surface area contributed by atoms with E-state index in [1.807, 2.05) is 205 Å². The Labute approximate surface area is 897 Å². The van der Waals surface area contributed by atoms with E-state index in [-0.39, 0.29) is 131 Å². The van der Waals surface area contributed by atoms with Crippen molar-refractivity contribution in [2.24, 2.45) is 76.1 Å². The molecular weight excluding hydrogens is 1960 g/mol. The Morgan fingerprint density at radius 3 is 0.899 bits per heavy atom. The van der Waals surface area contributed by atoms with Crippen LogP contribution in [0.15, 0.2) is 115 Å². The molecule has 0 aliphatic heterocycles. The van der Waals surface area contributed by atoms with Gasteiger partial charge in [0.2, 0.25) is 23.6 Å². The second kappa shape index (κ2) is 52.3. The molecule has 16 rings (SSSR count). The van der Waals surface area contributed by atoms with Crippen LogP contribution in [0.3, 0.4) is 0 Å². The van der Waals surface area contributed by atoms with Crippen LogP contribution in [0.5, 0.6) is 17.5 Å². The van der Waals surface area contributed by atoms with Gasteiger partial charge in [-0.3, -0.25) is 24.2 Å². The number of aromatic nitrogens is 5. The molecule has 8 aromatic rings. The first-order valence-electron chi connectivity index (χ1n) is 53.6. The summed E-state index contributed by atoms with van der Waals surface area (Å²) in [7, 11) is 2.01. The maximum Gasteiger partial charge on any atom is 0.348 e. The molecule has 1 aromatic carbocycles. The summed E-state index contributed by atoms with van der Waals surface area (Å²) >= 11 is 6.54. The number of pyridine rings is 1. The summed E-state index contributed by atoms with van der Waals surface area (Å²) in [6.45, 7) is 33.3. The highest BCUT2D eigenvalue weighted by Crippen LogP contribution is 2.48. The van der Waals surface area contributed by atoms with Crippen molar-refractivity contribution in [3.63, 3.8) is 0 Å². The fourth-order valence-corrected chi connectivity index (χ4v) is 25.6. The van der Waals surface area contributed by atoms with Gasteiger partial charge in [0.15, 0.2) is 0 Å². The highest BCUT2D eigenvalue weighted by molar-refractivity contribution is 7.99. The van der Waals surface area contributed by atoms with Crippen LogP contribution in [0.25, 0.3) is 0 Å². The predicted octanol–water partition coefficient (Wildman–Crippen LogP) is 27.2. The van der Waals surface area contributed by atoms with E-state index in [0.29, 0.717) is 77.2 Å². The van der Waals surface area contributed by atoms with Crippen molar-refractivity contribution in [1.82, 2.24) is 24.5 Å². The van der Waals surface area contributed by atoms with Crippen LogP contribution in [-0.4, -0.2) is 140 Å². The van der Waals surface area contributed by atoms with E-state index < -0.39 is 23.9 Å². The third-order valence-corrected chi connectivity index (χ3v) is 34.8. The minimum Gasteiger partial charge on any atom is -0.490 e. The quantitative estimate of drug-likeness (QED) is 0.0408. The number of carbonyl (C=O) groups is 8. The Bertz CT molecular complexity index is 5630. The van der Waals surface area contributed by atoms with Crippen LogP contribution in [0.2, 0.25) is 0 Å². The standard InChI is InChI=1S/C31H39NO4S.C30H38N2O4S.C29H37N3O4S.C29H39N3O3S2/c1-21-10-12-22(13-11-21)29(33)32(23-14-16-25(17-15-23)36-24-8-6-5-7-9-24)27-20-26(18-19-31(2,3)4)37-28(27)30(34)35;1-20-7-9-21(10-8-20)28(33)32(22-11-13-23(14-12-22)36-24-6-5-17-31-19-24)26-18-25(15-16-30(2,3)4)37-27(26)29(34)35;1-19-6-8-20(9-7-19)26(33)32(21-10-12-22(13-11-21)36-28-30-16-5-17-31-28)24-18-23(14-15-29(2,3)4)37-25(24)27(34)35;1-19-6-8-20(9-7-19)27(33)32(21-10-12-22(13-11-21)36-25-17-30-18-31(25)5)24-16-23(14-15-29(2,3)4)37-26(24)28(34)35/h5-9,20-23,25H,10-17H2,1-4H3,(H,34,35);5-6,17-23H,7-14H2,1-4H3,(H,34,35);5,16-22H,6-13H2,1-4H3,(H,34,35);16-22H,6-13H2,1-5H3,(H,34,35). The number of ether oxygens (including phenoxy) is 3. The lowest BCUT2D eigenvalue weighted by atomic mass is 9.81. The molecule has 8 aliphatic carbocycles. The number of benzene rings is 1. The number of nitrogens with zero attached hydrogens (tertiary/aromatic N) is 9. The number of anilines is 4. The minimum atomic E-state index is -1.02. The minimum absolute atomic E-state index is 0.00589. The summed E-state index contributed by atoms with van der Waals surface area (Å²) in [4.78, 5) is 133. The number of imidazole rings is 1. The smallest absolute Gasteiger partial charge is 0.348 e. The van der Waals surface area contributed by atoms with Crippen molar-refractivity contribution in [1.29, 1.82) is 0 Å². The first-order chi connectivity index (χ1) is 70.3. The molecule has 7 heterocycles. The molecule has 7 aromatic heterocycles. The second-order valence-electron chi connectivity index (χ2n) is 46.3. The van der Waals surface area contributed by atoms with Gasteiger partial charge in [-0.1, -0.05) is 93.3 Å². The molecule has 4 N–H and O–H groups in total. The van der Waals surface area contributed by atoms with E-state index in [4.69, 9.17) is 14.2 Å². The van der Waals surface area contributed by atoms with E-state index in [1.54, 1.807) is 30.9 Å². The molecular formula is C119H153N9O15S5. The molecule has 0 radical (unpaired) electrons. The highest BCUT2D eigenvalue weighted by Gasteiger charge is 2.45. The van der Waals surface area contributed by atoms with Crippen molar-refractivity contribution in [2.45, 2.75) is 369 Å². The average molecular weight is 2110 g/mol. The van der Waals surface area contributed by atoms with Crippen LogP contribution in [0, 0.1) is 116 Å². The van der Waals surface area contributed by atoms with E-state index in [9.17, 15) is 58.8 Å². The fraction of sp³-hybridized carbons (Fsp3) is 0.580. The van der Waals surface area contributed by atoms with Crippen LogP contribution < -0.4 is 33.8 Å². The lowest BCUT2D eigenvalue weighted by molar-refractivity contribution is -0.125. The third-order valence-electron chi connectivity index (χ3n) is 29.2. The van der Waals surface area contributed by atoms with Crippen molar-refractivity contribution in [3.05, 3.63) is 149 Å². The highest BCUT2D eigenvalue weighted by atomic mass is 32.2. The van der Waals surface area contributed by atoms with Gasteiger partial charge in [0.1, 0.15) is 37.1 Å². The molecule has 0 saturated heterocycles. The number of aryl methyl sites for hydroxylation is 1. The molecule has 0 unspecified atom stereocenters. The van der Waals surface area contributed by atoms with Crippen LogP contribution in [0.1, 0.15) is 374 Å². The molecule has 24 nitrogen and oxygen atoms in total. The van der Waals surface area contributed by atoms with Gasteiger partial charge in [0.25, 0.3) is 0 Å². The number of carboxylic acids is 4. The average Bonchev–Trinajstić information content (AvgIpc) is 1.65. The maximum absolute atomic E-state index is 14.1. The van der Waals surface area contributed by atoms with Gasteiger partial charge in [0, 0.05) is 100 Å². The van der Waals surface area contributed by atoms with Crippen LogP contribution in [0.4, 0.5) is 22.7 Å². The summed E-state index contributed by atoms with van der Waals surface area (Å²) in [5.74, 6) is 25.7. The van der Waals surface area contributed by atoms with Gasteiger partial charge in [-0.15, -0.1) is 57.1 Å². The van der Waals surface area contributed by atoms with E-state index in [2.05, 4.69) is 95.0 Å². The molecule has 8 saturated carbocycles. The largest absolute Gasteiger partial charge is 0.490 e. The normalized spacial score (nSPS) is 24.1. The SMILES string of the molecule is CC1CCC(C(=O)N(c2cc(C#CC(C)(C)C)sc2C(=O)O)C2CCC(Oc3ccccc3)CC2)CC1.CC1CCC(C(=O)N(c2cc(C#CC(C)(C)C)sc2C(=O)O)C2CCC(Oc3cccnc3)CC2)CC1.CC1CCC(C(=O)N(c2cc(C#CC(C)(C)C)sc2C(=O)O)C2CCC(Oc3ncccn3)CC2)CC1.CC1CCC(C(=O)N(c2cc(C#CC(C)(C)C)sc2C(=O)O)C2CCC(Sc3cncn3C)CC2)CC1. The summed E-state index contributed by atoms with van der Waals surface area (Å²) in [5.41, 5.74) is 1.28. The Kier molecular flexibility index (Phi) is 40.4. The second-order valence-corrected chi connectivity index (χ2v) is 51.8. The van der Waals surface area contributed by atoms with E-state index >= 15 is 0 Å². The number of hydrogen-bond donors (Lipinski definition) is 4. The van der Waals surface area contributed by atoms with Crippen molar-refractivity contribution in [3.8, 4) is 64.9 Å². The number of para-hydroxylation sites is 1. The van der Waals surface area contributed by atoms with Crippen molar-refractivity contribution >= 4 is 127 Å². The number of thiophene rings is 4. The zero-order chi connectivity index (χ0) is 106. The van der Waals surface area contributed by atoms with Gasteiger partial charge < -0.3 is 58.8 Å². The first kappa shape index (κ1) is 114. The van der Waals surface area contributed by atoms with E-state index in [0.717, 1.165) is 233 Å². The lowest BCUT2D eigenvalue weighted by Gasteiger charge is -2.39. The number of aromatic carboxylic acids is 4. The van der Waals surface area contributed by atoms with Gasteiger partial charge in [-0.2, -0.15) is 0 Å². The Hall–Kier alpha value is -10.8. The monoisotopic (exact) mass is 2110 g/mol. The van der Waals surface area contributed by atoms with E-state index in [1.165, 1.54) is 34.0 Å². The van der Waals surface area contributed by atoms with Gasteiger partial charge in [-0.25, -0.2) is 34.1 Å². The molecule has 0 bridgehead atoms. The number of carboxylic acid groups (broad SMARTS) is 4. The molecule has 794 valence electrons. The molecule has 148 heavy (non-hydrogen) atoms. The maximum atomic E-state index is 14.1.